The third-order valence-electron chi connectivity index (χ3n) is 3.07. The lowest BCUT2D eigenvalue weighted by atomic mass is 9.93. The number of anilines is 1. The van der Waals surface area contributed by atoms with Crippen LogP contribution in [0.2, 0.25) is 0 Å². The molecule has 5 nitrogen and oxygen atoms in total. The predicted molar refractivity (Wildman–Crippen MR) is 94.8 cm³/mol. The van der Waals surface area contributed by atoms with Gasteiger partial charge < -0.3 is 10.6 Å². The Hall–Kier alpha value is -1.08. The van der Waals surface area contributed by atoms with E-state index in [1.54, 1.807) is 0 Å². The number of thiazole rings is 1. The summed E-state index contributed by atoms with van der Waals surface area (Å²) in [5.74, 6) is 0.154. The molecule has 0 unspecified atom stereocenters. The molecule has 2 amide bonds. The lowest BCUT2D eigenvalue weighted by Gasteiger charge is -2.14. The number of amides is 2. The van der Waals surface area contributed by atoms with Crippen LogP contribution in [-0.4, -0.2) is 29.1 Å². The second-order valence-corrected chi connectivity index (χ2v) is 7.33. The molecule has 0 radical (unpaired) electrons. The summed E-state index contributed by atoms with van der Waals surface area (Å²) in [6.07, 6.45) is 3.06. The average molecular weight is 344 g/mol. The van der Waals surface area contributed by atoms with E-state index in [9.17, 15) is 9.59 Å². The maximum atomic E-state index is 11.8. The summed E-state index contributed by atoms with van der Waals surface area (Å²) >= 11 is 5.34. The van der Waals surface area contributed by atoms with Crippen LogP contribution in [0, 0.1) is 0 Å². The molecule has 1 aromatic heterocycles. The number of unbranched alkanes of at least 4 members (excludes halogenated alkanes) is 2. The highest BCUT2D eigenvalue weighted by Gasteiger charge is 2.17. The Morgan fingerprint density at radius 2 is 1.95 bits per heavy atom. The van der Waals surface area contributed by atoms with Gasteiger partial charge in [0.2, 0.25) is 11.8 Å². The Morgan fingerprint density at radius 1 is 1.23 bits per heavy atom. The minimum Gasteiger partial charge on any atom is -0.355 e. The molecule has 0 aliphatic carbocycles. The molecule has 0 saturated carbocycles. The Bertz CT molecular complexity index is 495. The van der Waals surface area contributed by atoms with E-state index in [0.717, 1.165) is 25.0 Å². The Morgan fingerprint density at radius 3 is 2.55 bits per heavy atom. The van der Waals surface area contributed by atoms with E-state index in [-0.39, 0.29) is 23.0 Å². The highest BCUT2D eigenvalue weighted by atomic mass is 32.1. The summed E-state index contributed by atoms with van der Waals surface area (Å²) < 4.78 is 0. The normalized spacial score (nSPS) is 11.3. The molecule has 1 rings (SSSR count). The van der Waals surface area contributed by atoms with Gasteiger partial charge in [0.1, 0.15) is 0 Å². The number of carbonyl (C=O) groups excluding carboxylic acids is 2. The molecule has 0 aliphatic heterocycles. The number of rotatable bonds is 8. The second-order valence-electron chi connectivity index (χ2n) is 6.15. The molecular weight excluding hydrogens is 318 g/mol. The van der Waals surface area contributed by atoms with Gasteiger partial charge in [-0.2, -0.15) is 12.6 Å². The Balaban J connectivity index is 2.18. The van der Waals surface area contributed by atoms with Gasteiger partial charge in [0, 0.05) is 23.8 Å². The summed E-state index contributed by atoms with van der Waals surface area (Å²) in [5, 5.41) is 8.24. The first kappa shape index (κ1) is 19.0. The van der Waals surface area contributed by atoms with Crippen LogP contribution in [0.1, 0.15) is 52.1 Å². The van der Waals surface area contributed by atoms with Crippen molar-refractivity contribution in [2.75, 3.05) is 17.6 Å². The molecule has 0 fully saturated rings. The van der Waals surface area contributed by atoms with Crippen LogP contribution in [0.15, 0.2) is 5.38 Å². The monoisotopic (exact) mass is 343 g/mol. The quantitative estimate of drug-likeness (QED) is 0.502. The van der Waals surface area contributed by atoms with Crippen molar-refractivity contribution in [2.24, 2.45) is 0 Å². The van der Waals surface area contributed by atoms with Gasteiger partial charge in [-0.3, -0.25) is 9.59 Å². The SMILES string of the molecule is CC(C)(C)c1csc(NC(=O)CCCCCNC(=O)CS)n1. The number of nitrogens with one attached hydrogen (secondary N) is 2. The first-order valence-corrected chi connectivity index (χ1v) is 8.97. The van der Waals surface area contributed by atoms with Crippen molar-refractivity contribution < 1.29 is 9.59 Å². The molecule has 7 heteroatoms. The van der Waals surface area contributed by atoms with Crippen molar-refractivity contribution in [3.8, 4) is 0 Å². The van der Waals surface area contributed by atoms with Crippen molar-refractivity contribution in [1.82, 2.24) is 10.3 Å². The molecule has 0 saturated heterocycles. The van der Waals surface area contributed by atoms with E-state index in [0.29, 0.717) is 18.1 Å². The minimum absolute atomic E-state index is 0.00305. The molecule has 1 heterocycles. The van der Waals surface area contributed by atoms with Gasteiger partial charge in [-0.1, -0.05) is 27.2 Å². The highest BCUT2D eigenvalue weighted by Crippen LogP contribution is 2.26. The third kappa shape index (κ3) is 7.26. The number of thiol groups is 1. The Kier molecular flexibility index (Phi) is 7.89. The first-order valence-electron chi connectivity index (χ1n) is 7.46. The number of aromatic nitrogens is 1. The summed E-state index contributed by atoms with van der Waals surface area (Å²) in [7, 11) is 0. The van der Waals surface area contributed by atoms with Gasteiger partial charge >= 0.3 is 0 Å². The van der Waals surface area contributed by atoms with E-state index >= 15 is 0 Å². The topological polar surface area (TPSA) is 71.1 Å². The largest absolute Gasteiger partial charge is 0.355 e. The zero-order valence-corrected chi connectivity index (χ0v) is 15.2. The minimum atomic E-state index is -0.0560. The molecule has 0 spiro atoms. The number of nitrogens with zero attached hydrogens (tertiary/aromatic N) is 1. The molecule has 0 aliphatic rings. The van der Waals surface area contributed by atoms with Gasteiger partial charge in [0.25, 0.3) is 0 Å². The molecule has 2 N–H and O–H groups in total. The third-order valence-corrected chi connectivity index (χ3v) is 4.11. The van der Waals surface area contributed by atoms with Gasteiger partial charge in [-0.25, -0.2) is 4.98 Å². The number of hydrogen-bond acceptors (Lipinski definition) is 5. The standard InChI is InChI=1S/C15H25N3O2S2/c1-15(2,3)11-10-22-14(17-11)18-12(19)7-5-4-6-8-16-13(20)9-21/h10,21H,4-9H2,1-3H3,(H,16,20)(H,17,18,19). The molecule has 1 aromatic rings. The van der Waals surface area contributed by atoms with Crippen molar-refractivity contribution in [1.29, 1.82) is 0 Å². The summed E-state index contributed by atoms with van der Waals surface area (Å²) in [6.45, 7) is 6.93. The van der Waals surface area contributed by atoms with Crippen LogP contribution in [0.5, 0.6) is 0 Å². The van der Waals surface area contributed by atoms with Crippen LogP contribution in [0.3, 0.4) is 0 Å². The second kappa shape index (κ2) is 9.15. The first-order chi connectivity index (χ1) is 10.3. The maximum absolute atomic E-state index is 11.8. The summed E-state index contributed by atoms with van der Waals surface area (Å²) in [6, 6.07) is 0. The van der Waals surface area contributed by atoms with Crippen LogP contribution >= 0.6 is 24.0 Å². The van der Waals surface area contributed by atoms with Crippen LogP contribution in [-0.2, 0) is 15.0 Å². The van der Waals surface area contributed by atoms with Crippen molar-refractivity contribution in [3.05, 3.63) is 11.1 Å². The fourth-order valence-electron chi connectivity index (χ4n) is 1.73. The van der Waals surface area contributed by atoms with Crippen LogP contribution < -0.4 is 10.6 Å². The van der Waals surface area contributed by atoms with Crippen molar-refractivity contribution in [2.45, 2.75) is 51.9 Å². The van der Waals surface area contributed by atoms with E-state index in [2.05, 4.69) is 49.0 Å². The van der Waals surface area contributed by atoms with Crippen molar-refractivity contribution >= 4 is 40.9 Å². The average Bonchev–Trinajstić information content (AvgIpc) is 2.90. The number of carbonyl (C=O) groups is 2. The van der Waals surface area contributed by atoms with Crippen LogP contribution in [0.25, 0.3) is 0 Å². The van der Waals surface area contributed by atoms with E-state index < -0.39 is 0 Å². The maximum Gasteiger partial charge on any atom is 0.229 e. The molecule has 0 bridgehead atoms. The van der Waals surface area contributed by atoms with Crippen LogP contribution in [0.4, 0.5) is 5.13 Å². The molecule has 124 valence electrons. The molecule has 22 heavy (non-hydrogen) atoms. The smallest absolute Gasteiger partial charge is 0.229 e. The fraction of sp³-hybridized carbons (Fsp3) is 0.667. The lowest BCUT2D eigenvalue weighted by molar-refractivity contribution is -0.118. The zero-order valence-electron chi connectivity index (χ0n) is 13.4. The van der Waals surface area contributed by atoms with E-state index in [1.807, 2.05) is 5.38 Å². The van der Waals surface area contributed by atoms with E-state index in [4.69, 9.17) is 0 Å². The van der Waals surface area contributed by atoms with E-state index in [1.165, 1.54) is 11.3 Å². The molecule has 0 atom stereocenters. The summed E-state index contributed by atoms with van der Waals surface area (Å²) in [4.78, 5) is 27.2. The predicted octanol–water partition coefficient (Wildman–Crippen LogP) is 2.99. The van der Waals surface area contributed by atoms with Gasteiger partial charge in [-0.05, 0) is 12.8 Å². The zero-order chi connectivity index (χ0) is 16.6. The van der Waals surface area contributed by atoms with Gasteiger partial charge in [0.05, 0.1) is 11.4 Å². The molecular formula is C15H25N3O2S2. The molecule has 0 aromatic carbocycles. The van der Waals surface area contributed by atoms with Gasteiger partial charge in [0.15, 0.2) is 5.13 Å². The highest BCUT2D eigenvalue weighted by molar-refractivity contribution is 7.81. The van der Waals surface area contributed by atoms with Gasteiger partial charge in [-0.15, -0.1) is 11.3 Å². The lowest BCUT2D eigenvalue weighted by Crippen LogP contribution is -2.25. The van der Waals surface area contributed by atoms with Crippen molar-refractivity contribution in [3.63, 3.8) is 0 Å². The Labute approximate surface area is 141 Å². The fourth-order valence-corrected chi connectivity index (χ4v) is 2.79. The summed E-state index contributed by atoms with van der Waals surface area (Å²) in [5.41, 5.74) is 0.990. The number of hydrogen-bond donors (Lipinski definition) is 3.